The molecule has 0 saturated carbocycles. The number of halogens is 1. The molecule has 2 aliphatic heterocycles. The third kappa shape index (κ3) is 2.75. The molecule has 4 nitrogen and oxygen atoms in total. The molecular weight excluding hydrogens is 298 g/mol. The number of rotatable bonds is 2. The van der Waals surface area contributed by atoms with E-state index in [1.54, 1.807) is 0 Å². The Morgan fingerprint density at radius 1 is 1.18 bits per heavy atom. The van der Waals surface area contributed by atoms with Gasteiger partial charge in [0.2, 0.25) is 0 Å². The Hall–Kier alpha value is -1.10. The molecule has 5 heteroatoms. The van der Waals surface area contributed by atoms with E-state index in [4.69, 9.17) is 16.0 Å². The zero-order chi connectivity index (χ0) is 15.1. The lowest BCUT2D eigenvalue weighted by molar-refractivity contribution is 0.141. The van der Waals surface area contributed by atoms with Gasteiger partial charge in [-0.2, -0.15) is 0 Å². The molecule has 1 aromatic heterocycles. The lowest BCUT2D eigenvalue weighted by Gasteiger charge is -2.35. The van der Waals surface area contributed by atoms with Crippen molar-refractivity contribution < 1.29 is 4.42 Å². The molecule has 2 aromatic rings. The Balaban J connectivity index is 1.47. The van der Waals surface area contributed by atoms with Crippen LogP contribution in [0.5, 0.6) is 0 Å². The highest BCUT2D eigenvalue weighted by molar-refractivity contribution is 6.31. The van der Waals surface area contributed by atoms with Crippen LogP contribution in [0.3, 0.4) is 0 Å². The second-order valence-corrected chi connectivity index (χ2v) is 7.12. The van der Waals surface area contributed by atoms with Crippen molar-refractivity contribution >= 4 is 22.7 Å². The predicted molar refractivity (Wildman–Crippen MR) is 88.5 cm³/mol. The van der Waals surface area contributed by atoms with Gasteiger partial charge in [0.1, 0.15) is 5.52 Å². The molecule has 1 atom stereocenters. The van der Waals surface area contributed by atoms with Crippen LogP contribution in [0.4, 0.5) is 0 Å². The normalized spacial score (nSPS) is 25.3. The third-order valence-corrected chi connectivity index (χ3v) is 5.37. The van der Waals surface area contributed by atoms with E-state index in [1.165, 1.54) is 32.5 Å². The van der Waals surface area contributed by atoms with Crippen molar-refractivity contribution in [1.29, 1.82) is 0 Å². The van der Waals surface area contributed by atoms with Gasteiger partial charge < -0.3 is 9.32 Å². The number of likely N-dealkylation sites (tertiary alicyclic amines) is 2. The van der Waals surface area contributed by atoms with E-state index < -0.39 is 0 Å². The van der Waals surface area contributed by atoms with E-state index in [1.807, 2.05) is 18.2 Å². The molecule has 0 N–H and O–H groups in total. The molecule has 2 fully saturated rings. The van der Waals surface area contributed by atoms with E-state index in [2.05, 4.69) is 21.8 Å². The van der Waals surface area contributed by atoms with Gasteiger partial charge in [0.15, 0.2) is 11.5 Å². The summed E-state index contributed by atoms with van der Waals surface area (Å²) < 4.78 is 5.96. The third-order valence-electron chi connectivity index (χ3n) is 5.14. The standard InChI is InChI=1S/C17H22ClN3O/c1-20-7-5-14(6-8-20)21-9-4-12(11-21)17-19-15-10-13(18)2-3-16(15)22-17/h2-3,10,12,14H,4-9,11H2,1H3. The summed E-state index contributed by atoms with van der Waals surface area (Å²) in [4.78, 5) is 9.72. The number of nitrogens with zero attached hydrogens (tertiary/aromatic N) is 3. The van der Waals surface area contributed by atoms with Crippen LogP contribution in [0, 0.1) is 0 Å². The van der Waals surface area contributed by atoms with Gasteiger partial charge >= 0.3 is 0 Å². The largest absolute Gasteiger partial charge is 0.440 e. The summed E-state index contributed by atoms with van der Waals surface area (Å²) in [5.74, 6) is 1.30. The monoisotopic (exact) mass is 319 g/mol. The maximum absolute atomic E-state index is 6.03. The number of aromatic nitrogens is 1. The van der Waals surface area contributed by atoms with Crippen molar-refractivity contribution in [2.24, 2.45) is 0 Å². The molecular formula is C17H22ClN3O. The Bertz CT molecular complexity index is 663. The van der Waals surface area contributed by atoms with Crippen molar-refractivity contribution in [3.63, 3.8) is 0 Å². The summed E-state index contributed by atoms with van der Waals surface area (Å²) in [7, 11) is 2.21. The van der Waals surface area contributed by atoms with Crippen LogP contribution in [-0.2, 0) is 0 Å². The predicted octanol–water partition coefficient (Wildman–Crippen LogP) is 3.36. The minimum atomic E-state index is 0.422. The summed E-state index contributed by atoms with van der Waals surface area (Å²) in [5.41, 5.74) is 1.72. The van der Waals surface area contributed by atoms with Crippen LogP contribution in [-0.4, -0.2) is 54.1 Å². The summed E-state index contributed by atoms with van der Waals surface area (Å²) in [6, 6.07) is 6.39. The first-order chi connectivity index (χ1) is 10.7. The van der Waals surface area contributed by atoms with Gasteiger partial charge in [0.25, 0.3) is 0 Å². The van der Waals surface area contributed by atoms with Crippen LogP contribution in [0.25, 0.3) is 11.1 Å². The van der Waals surface area contributed by atoms with Crippen molar-refractivity contribution in [1.82, 2.24) is 14.8 Å². The molecule has 4 rings (SSSR count). The van der Waals surface area contributed by atoms with Gasteiger partial charge in [-0.15, -0.1) is 0 Å². The Labute approximate surface area is 136 Å². The number of hydrogen-bond acceptors (Lipinski definition) is 4. The van der Waals surface area contributed by atoms with E-state index in [-0.39, 0.29) is 0 Å². The van der Waals surface area contributed by atoms with Crippen LogP contribution in [0.1, 0.15) is 31.1 Å². The molecule has 0 spiro atoms. The average molecular weight is 320 g/mol. The summed E-state index contributed by atoms with van der Waals surface area (Å²) in [6.45, 7) is 4.67. The summed E-state index contributed by atoms with van der Waals surface area (Å²) in [6.07, 6.45) is 3.71. The quantitative estimate of drug-likeness (QED) is 0.849. The molecule has 0 amide bonds. The fourth-order valence-electron chi connectivity index (χ4n) is 3.77. The second-order valence-electron chi connectivity index (χ2n) is 6.68. The number of benzene rings is 1. The fourth-order valence-corrected chi connectivity index (χ4v) is 3.94. The molecule has 2 aliphatic rings. The highest BCUT2D eigenvalue weighted by Gasteiger charge is 2.33. The highest BCUT2D eigenvalue weighted by atomic mass is 35.5. The molecule has 118 valence electrons. The summed E-state index contributed by atoms with van der Waals surface area (Å²) >= 11 is 6.03. The zero-order valence-corrected chi connectivity index (χ0v) is 13.7. The van der Waals surface area contributed by atoms with E-state index in [9.17, 15) is 0 Å². The molecule has 3 heterocycles. The van der Waals surface area contributed by atoms with Gasteiger partial charge in [0, 0.05) is 23.5 Å². The number of hydrogen-bond donors (Lipinski definition) is 0. The Morgan fingerprint density at radius 2 is 2.00 bits per heavy atom. The van der Waals surface area contributed by atoms with Crippen LogP contribution in [0.2, 0.25) is 5.02 Å². The molecule has 1 unspecified atom stereocenters. The van der Waals surface area contributed by atoms with Crippen LogP contribution < -0.4 is 0 Å². The average Bonchev–Trinajstić information content (AvgIpc) is 3.13. The van der Waals surface area contributed by atoms with Gasteiger partial charge in [-0.05, 0) is 64.1 Å². The first-order valence-corrected chi connectivity index (χ1v) is 8.55. The van der Waals surface area contributed by atoms with Crippen molar-refractivity contribution in [2.75, 3.05) is 33.2 Å². The zero-order valence-electron chi connectivity index (χ0n) is 13.0. The van der Waals surface area contributed by atoms with Gasteiger partial charge in [-0.3, -0.25) is 4.90 Å². The smallest absolute Gasteiger partial charge is 0.199 e. The Kier molecular flexibility index (Phi) is 3.84. The first kappa shape index (κ1) is 14.5. The maximum Gasteiger partial charge on any atom is 0.199 e. The maximum atomic E-state index is 6.03. The van der Waals surface area contributed by atoms with Crippen molar-refractivity contribution in [3.05, 3.63) is 29.1 Å². The molecule has 0 radical (unpaired) electrons. The van der Waals surface area contributed by atoms with E-state index in [0.29, 0.717) is 10.9 Å². The van der Waals surface area contributed by atoms with Gasteiger partial charge in [-0.1, -0.05) is 11.6 Å². The lowest BCUT2D eigenvalue weighted by Crippen LogP contribution is -2.42. The first-order valence-electron chi connectivity index (χ1n) is 8.17. The minimum absolute atomic E-state index is 0.422. The SMILES string of the molecule is CN1CCC(N2CCC(c3nc4cc(Cl)ccc4o3)C2)CC1. The topological polar surface area (TPSA) is 32.5 Å². The number of piperidine rings is 1. The van der Waals surface area contributed by atoms with E-state index in [0.717, 1.165) is 36.0 Å². The van der Waals surface area contributed by atoms with Gasteiger partial charge in [-0.25, -0.2) is 4.98 Å². The fraction of sp³-hybridized carbons (Fsp3) is 0.588. The molecule has 0 aliphatic carbocycles. The molecule has 22 heavy (non-hydrogen) atoms. The van der Waals surface area contributed by atoms with Crippen LogP contribution in [0.15, 0.2) is 22.6 Å². The molecule has 0 bridgehead atoms. The Morgan fingerprint density at radius 3 is 2.82 bits per heavy atom. The van der Waals surface area contributed by atoms with E-state index >= 15 is 0 Å². The van der Waals surface area contributed by atoms with Crippen LogP contribution >= 0.6 is 11.6 Å². The second kappa shape index (κ2) is 5.84. The number of fused-ring (bicyclic) bond motifs is 1. The minimum Gasteiger partial charge on any atom is -0.440 e. The molecule has 2 saturated heterocycles. The van der Waals surface area contributed by atoms with Crippen molar-refractivity contribution in [3.8, 4) is 0 Å². The summed E-state index contributed by atoms with van der Waals surface area (Å²) in [5, 5.41) is 0.715. The lowest BCUT2D eigenvalue weighted by atomic mass is 10.0. The number of oxazole rings is 1. The van der Waals surface area contributed by atoms with Crippen molar-refractivity contribution in [2.45, 2.75) is 31.2 Å². The van der Waals surface area contributed by atoms with Gasteiger partial charge in [0.05, 0.1) is 0 Å². The molecule has 1 aromatic carbocycles. The highest BCUT2D eigenvalue weighted by Crippen LogP contribution is 2.32.